The minimum absolute atomic E-state index is 0.109. The second-order valence-electron chi connectivity index (χ2n) is 6.01. The second kappa shape index (κ2) is 8.17. The SMILES string of the molecule is Cc1cn([C@H]2C[C@@H](N=[N+]=[N-])[C@@H](COP(=O)([O-])OC(C)C)O2)c(=O)[nH]c1=O. The van der Waals surface area contributed by atoms with Crippen molar-refractivity contribution in [3.05, 3.63) is 43.0 Å². The first-order valence-electron chi connectivity index (χ1n) is 7.78. The quantitative estimate of drug-likeness (QED) is 0.310. The average Bonchev–Trinajstić information content (AvgIpc) is 2.91. The molecule has 0 saturated carbocycles. The van der Waals surface area contributed by atoms with Crippen LogP contribution < -0.4 is 16.1 Å². The smallest absolute Gasteiger partial charge is 0.330 e. The summed E-state index contributed by atoms with van der Waals surface area (Å²) in [7, 11) is -4.54. The molecular weight excluding hydrogens is 369 g/mol. The predicted octanol–water partition coefficient (Wildman–Crippen LogP) is 0.721. The Morgan fingerprint density at radius 3 is 2.88 bits per heavy atom. The zero-order valence-corrected chi connectivity index (χ0v) is 15.3. The van der Waals surface area contributed by atoms with E-state index in [4.69, 9.17) is 14.8 Å². The Balaban J connectivity index is 2.17. The van der Waals surface area contributed by atoms with E-state index in [2.05, 4.69) is 19.5 Å². The van der Waals surface area contributed by atoms with E-state index in [0.717, 1.165) is 4.57 Å². The van der Waals surface area contributed by atoms with Gasteiger partial charge in [0, 0.05) is 23.1 Å². The Kier molecular flexibility index (Phi) is 6.40. The Labute approximate surface area is 148 Å². The first-order chi connectivity index (χ1) is 12.1. The lowest BCUT2D eigenvalue weighted by Crippen LogP contribution is -2.33. The van der Waals surface area contributed by atoms with Gasteiger partial charge >= 0.3 is 5.69 Å². The summed E-state index contributed by atoms with van der Waals surface area (Å²) in [4.78, 5) is 40.0. The number of aryl methyl sites for hydroxylation is 1. The number of phosphoric ester groups is 1. The Bertz CT molecular complexity index is 859. The highest BCUT2D eigenvalue weighted by atomic mass is 31.2. The van der Waals surface area contributed by atoms with Crippen molar-refractivity contribution in [1.29, 1.82) is 0 Å². The number of H-pyrrole nitrogens is 1. The highest BCUT2D eigenvalue weighted by Crippen LogP contribution is 2.41. The van der Waals surface area contributed by atoms with Gasteiger partial charge in [-0.3, -0.25) is 18.9 Å². The van der Waals surface area contributed by atoms with Crippen molar-refractivity contribution in [2.75, 3.05) is 6.61 Å². The molecule has 1 aliphatic rings. The number of aromatic amines is 1. The second-order valence-corrected chi connectivity index (χ2v) is 7.38. The summed E-state index contributed by atoms with van der Waals surface area (Å²) in [6.07, 6.45) is -0.918. The van der Waals surface area contributed by atoms with Crippen LogP contribution >= 0.6 is 7.82 Å². The van der Waals surface area contributed by atoms with Crippen LogP contribution in [0, 0.1) is 6.92 Å². The average molecular weight is 388 g/mol. The number of aromatic nitrogens is 2. The minimum Gasteiger partial charge on any atom is -0.756 e. The van der Waals surface area contributed by atoms with Crippen LogP contribution in [0.25, 0.3) is 10.4 Å². The highest BCUT2D eigenvalue weighted by Gasteiger charge is 2.37. The van der Waals surface area contributed by atoms with Crippen molar-refractivity contribution in [2.24, 2.45) is 5.11 Å². The van der Waals surface area contributed by atoms with Crippen molar-refractivity contribution >= 4 is 7.82 Å². The fourth-order valence-corrected chi connectivity index (χ4v) is 3.38. The number of hydrogen-bond donors (Lipinski definition) is 1. The number of ether oxygens (including phenoxy) is 1. The molecule has 2 heterocycles. The van der Waals surface area contributed by atoms with E-state index in [1.54, 1.807) is 0 Å². The van der Waals surface area contributed by atoms with Gasteiger partial charge in [-0.15, -0.1) is 0 Å². The number of phosphoric acid groups is 1. The van der Waals surface area contributed by atoms with Gasteiger partial charge in [0.25, 0.3) is 13.4 Å². The maximum absolute atomic E-state index is 12.0. The molecule has 1 unspecified atom stereocenters. The molecule has 0 radical (unpaired) electrons. The largest absolute Gasteiger partial charge is 0.756 e. The van der Waals surface area contributed by atoms with E-state index in [1.165, 1.54) is 27.0 Å². The summed E-state index contributed by atoms with van der Waals surface area (Å²) in [5.74, 6) is 0. The first kappa shape index (κ1) is 20.4. The van der Waals surface area contributed by atoms with Gasteiger partial charge in [0.05, 0.1) is 24.9 Å². The third-order valence-corrected chi connectivity index (χ3v) is 4.74. The van der Waals surface area contributed by atoms with Crippen LogP contribution in [0.1, 0.15) is 32.1 Å². The molecule has 1 aromatic rings. The summed E-state index contributed by atoms with van der Waals surface area (Å²) in [5.41, 5.74) is 7.77. The van der Waals surface area contributed by atoms with Crippen LogP contribution in [0.5, 0.6) is 0 Å². The molecule has 144 valence electrons. The van der Waals surface area contributed by atoms with E-state index in [9.17, 15) is 19.0 Å². The summed E-state index contributed by atoms with van der Waals surface area (Å²) in [6.45, 7) is 4.14. The van der Waals surface area contributed by atoms with Crippen molar-refractivity contribution in [1.82, 2.24) is 9.55 Å². The molecule has 2 rings (SSSR count). The third-order valence-electron chi connectivity index (χ3n) is 3.60. The number of rotatable bonds is 7. The van der Waals surface area contributed by atoms with Crippen molar-refractivity contribution in [3.63, 3.8) is 0 Å². The molecule has 1 N–H and O–H groups in total. The van der Waals surface area contributed by atoms with Gasteiger partial charge in [-0.05, 0) is 26.3 Å². The minimum atomic E-state index is -4.54. The molecule has 0 aromatic carbocycles. The summed E-state index contributed by atoms with van der Waals surface area (Å²) in [6, 6.07) is -0.761. The summed E-state index contributed by atoms with van der Waals surface area (Å²) >= 11 is 0. The van der Waals surface area contributed by atoms with Crippen molar-refractivity contribution in [2.45, 2.75) is 51.7 Å². The third kappa shape index (κ3) is 5.04. The van der Waals surface area contributed by atoms with Crippen molar-refractivity contribution in [3.8, 4) is 0 Å². The van der Waals surface area contributed by atoms with Crippen LogP contribution in [0.15, 0.2) is 20.9 Å². The first-order valence-corrected chi connectivity index (χ1v) is 9.24. The molecule has 26 heavy (non-hydrogen) atoms. The van der Waals surface area contributed by atoms with Gasteiger partial charge in [0.15, 0.2) is 0 Å². The topological polar surface area (TPSA) is 171 Å². The van der Waals surface area contributed by atoms with E-state index in [0.29, 0.717) is 5.56 Å². The van der Waals surface area contributed by atoms with Crippen LogP contribution in [-0.2, 0) is 18.3 Å². The number of nitrogens with zero attached hydrogens (tertiary/aromatic N) is 4. The Morgan fingerprint density at radius 2 is 2.27 bits per heavy atom. The van der Waals surface area contributed by atoms with E-state index >= 15 is 0 Å². The molecule has 13 heteroatoms. The van der Waals surface area contributed by atoms with E-state index in [1.807, 2.05) is 0 Å². The van der Waals surface area contributed by atoms with Crippen LogP contribution in [0.4, 0.5) is 0 Å². The lowest BCUT2D eigenvalue weighted by molar-refractivity contribution is -0.230. The lowest BCUT2D eigenvalue weighted by Gasteiger charge is -2.26. The maximum Gasteiger partial charge on any atom is 0.330 e. The Morgan fingerprint density at radius 1 is 1.58 bits per heavy atom. The van der Waals surface area contributed by atoms with Gasteiger partial charge in [-0.1, -0.05) is 5.11 Å². The standard InChI is InChI=1S/C13H20N5O7P/c1-7(2)25-26(21,22)23-6-10-9(16-17-14)4-11(24-10)18-5-8(3)12(19)15-13(18)20/h5,7,9-11H,4,6H2,1-3H3,(H,21,22)(H,15,19,20)/p-1/t9-,10-,11-/m1/s1. The predicted molar refractivity (Wildman–Crippen MR) is 87.3 cm³/mol. The van der Waals surface area contributed by atoms with Gasteiger partial charge in [-0.25, -0.2) is 4.79 Å². The van der Waals surface area contributed by atoms with E-state index in [-0.39, 0.29) is 6.42 Å². The van der Waals surface area contributed by atoms with Gasteiger partial charge in [0.2, 0.25) is 0 Å². The number of hydrogen-bond acceptors (Lipinski definition) is 8. The summed E-state index contributed by atoms with van der Waals surface area (Å²) in [5, 5.41) is 3.57. The maximum atomic E-state index is 12.0. The van der Waals surface area contributed by atoms with Gasteiger partial charge in [-0.2, -0.15) is 0 Å². The number of azide groups is 1. The molecule has 0 aliphatic carbocycles. The lowest BCUT2D eigenvalue weighted by atomic mass is 10.1. The Hall–Kier alpha value is -1.94. The van der Waals surface area contributed by atoms with Gasteiger partial charge < -0.3 is 18.7 Å². The molecule has 0 spiro atoms. The molecule has 0 bridgehead atoms. The summed E-state index contributed by atoms with van der Waals surface area (Å²) < 4.78 is 27.9. The van der Waals surface area contributed by atoms with Crippen LogP contribution in [0.2, 0.25) is 0 Å². The van der Waals surface area contributed by atoms with Gasteiger partial charge in [0.1, 0.15) is 6.23 Å². The zero-order chi connectivity index (χ0) is 19.5. The van der Waals surface area contributed by atoms with Crippen LogP contribution in [0.3, 0.4) is 0 Å². The highest BCUT2D eigenvalue weighted by molar-refractivity contribution is 7.45. The molecule has 12 nitrogen and oxygen atoms in total. The van der Waals surface area contributed by atoms with Crippen LogP contribution in [-0.4, -0.2) is 34.4 Å². The van der Waals surface area contributed by atoms with Crippen molar-refractivity contribution < 1.29 is 23.2 Å². The molecule has 1 fully saturated rings. The molecule has 1 aliphatic heterocycles. The number of nitrogens with one attached hydrogen (secondary N) is 1. The molecule has 0 amide bonds. The fourth-order valence-electron chi connectivity index (χ4n) is 2.48. The molecule has 4 atom stereocenters. The monoisotopic (exact) mass is 388 g/mol. The normalized spacial score (nSPS) is 25.0. The fraction of sp³-hybridized carbons (Fsp3) is 0.692. The van der Waals surface area contributed by atoms with E-state index < -0.39 is 50.2 Å². The molecule has 1 aromatic heterocycles. The zero-order valence-electron chi connectivity index (χ0n) is 14.4. The molecule has 1 saturated heterocycles. The molecular formula is C13H19N5O7P-.